The summed E-state index contributed by atoms with van der Waals surface area (Å²) in [5.74, 6) is -1.15. The van der Waals surface area contributed by atoms with Crippen LogP contribution in [0.5, 0.6) is 0 Å². The summed E-state index contributed by atoms with van der Waals surface area (Å²) in [4.78, 5) is 24.7. The van der Waals surface area contributed by atoms with Gasteiger partial charge in [0.25, 0.3) is 0 Å². The zero-order valence-corrected chi connectivity index (χ0v) is 13.1. The summed E-state index contributed by atoms with van der Waals surface area (Å²) in [5.41, 5.74) is 2.55. The third kappa shape index (κ3) is 3.28. The van der Waals surface area contributed by atoms with Crippen LogP contribution < -0.4 is 4.90 Å². The highest BCUT2D eigenvalue weighted by molar-refractivity contribution is 6.31. The summed E-state index contributed by atoms with van der Waals surface area (Å²) < 4.78 is 0. The summed E-state index contributed by atoms with van der Waals surface area (Å²) >= 11 is 6.14. The summed E-state index contributed by atoms with van der Waals surface area (Å²) in [6, 6.07) is 12.3. The molecule has 1 N–H and O–H groups in total. The molecule has 0 aliphatic rings. The Labute approximate surface area is 133 Å². The third-order valence-corrected chi connectivity index (χ3v) is 3.78. The van der Waals surface area contributed by atoms with Gasteiger partial charge in [0.05, 0.1) is 17.8 Å². The van der Waals surface area contributed by atoms with Crippen molar-refractivity contribution in [3.63, 3.8) is 0 Å². The largest absolute Gasteiger partial charge is 0.481 e. The van der Waals surface area contributed by atoms with Crippen LogP contribution in [0.3, 0.4) is 0 Å². The Morgan fingerprint density at radius 1 is 1.09 bits per heavy atom. The number of hydrogen-bond donors (Lipinski definition) is 1. The molecule has 4 nitrogen and oxygen atoms in total. The molecule has 2 rings (SSSR count). The summed E-state index contributed by atoms with van der Waals surface area (Å²) in [6.45, 7) is 3.27. The van der Waals surface area contributed by atoms with Crippen LogP contribution in [-0.2, 0) is 16.0 Å². The number of carboxylic acids is 1. The van der Waals surface area contributed by atoms with Gasteiger partial charge >= 0.3 is 5.97 Å². The number of carbonyl (C=O) groups is 2. The Morgan fingerprint density at radius 3 is 2.36 bits per heavy atom. The molecule has 0 radical (unpaired) electrons. The average Bonchev–Trinajstić information content (AvgIpc) is 2.44. The van der Waals surface area contributed by atoms with Crippen molar-refractivity contribution < 1.29 is 14.7 Å². The number of nitrogens with zero attached hydrogens (tertiary/aromatic N) is 1. The highest BCUT2D eigenvalue weighted by atomic mass is 35.5. The quantitative estimate of drug-likeness (QED) is 0.928. The van der Waals surface area contributed by atoms with Gasteiger partial charge in [-0.1, -0.05) is 35.9 Å². The Bertz CT molecular complexity index is 728. The van der Waals surface area contributed by atoms with Crippen molar-refractivity contribution in [2.24, 2.45) is 0 Å². The van der Waals surface area contributed by atoms with E-state index in [9.17, 15) is 9.59 Å². The maximum Gasteiger partial charge on any atom is 0.307 e. The highest BCUT2D eigenvalue weighted by Crippen LogP contribution is 2.34. The predicted octanol–water partition coefficient (Wildman–Crippen LogP) is 3.96. The van der Waals surface area contributed by atoms with Gasteiger partial charge in [-0.2, -0.15) is 0 Å². The smallest absolute Gasteiger partial charge is 0.307 e. The summed E-state index contributed by atoms with van der Waals surface area (Å²) in [5, 5.41) is 9.61. The number of amides is 1. The van der Waals surface area contributed by atoms with Crippen LogP contribution in [0.4, 0.5) is 11.4 Å². The van der Waals surface area contributed by atoms with E-state index < -0.39 is 5.97 Å². The molecule has 2 aromatic carbocycles. The molecule has 0 heterocycles. The molecule has 0 aliphatic carbocycles. The topological polar surface area (TPSA) is 57.6 Å². The molecule has 0 aromatic heterocycles. The molecular formula is C17H16ClNO3. The van der Waals surface area contributed by atoms with Crippen molar-refractivity contribution in [2.75, 3.05) is 4.90 Å². The zero-order valence-electron chi connectivity index (χ0n) is 12.3. The Kier molecular flexibility index (Phi) is 4.83. The van der Waals surface area contributed by atoms with Gasteiger partial charge in [0.2, 0.25) is 5.91 Å². The van der Waals surface area contributed by atoms with Crippen molar-refractivity contribution in [3.8, 4) is 0 Å². The normalized spacial score (nSPS) is 10.3. The first-order chi connectivity index (χ1) is 10.4. The maximum atomic E-state index is 12.2. The van der Waals surface area contributed by atoms with Crippen molar-refractivity contribution in [1.82, 2.24) is 0 Å². The molecule has 0 saturated heterocycles. The second-order valence-corrected chi connectivity index (χ2v) is 5.34. The van der Waals surface area contributed by atoms with Crippen molar-refractivity contribution in [1.29, 1.82) is 0 Å². The number of para-hydroxylation sites is 1. The second kappa shape index (κ2) is 6.62. The lowest BCUT2D eigenvalue weighted by molar-refractivity contribution is -0.136. The van der Waals surface area contributed by atoms with E-state index in [1.54, 1.807) is 42.5 Å². The fourth-order valence-corrected chi connectivity index (χ4v) is 2.52. The Morgan fingerprint density at radius 2 is 1.73 bits per heavy atom. The van der Waals surface area contributed by atoms with Gasteiger partial charge in [-0.3, -0.25) is 14.5 Å². The molecular weight excluding hydrogens is 302 g/mol. The molecule has 0 spiro atoms. The van der Waals surface area contributed by atoms with Crippen LogP contribution in [0.2, 0.25) is 5.02 Å². The number of aliphatic carboxylic acids is 1. The van der Waals surface area contributed by atoms with E-state index in [0.29, 0.717) is 22.0 Å². The Hall–Kier alpha value is -2.33. The van der Waals surface area contributed by atoms with Gasteiger partial charge < -0.3 is 5.11 Å². The van der Waals surface area contributed by atoms with E-state index in [-0.39, 0.29) is 12.3 Å². The number of halogens is 1. The predicted molar refractivity (Wildman–Crippen MR) is 86.8 cm³/mol. The van der Waals surface area contributed by atoms with E-state index in [0.717, 1.165) is 5.56 Å². The zero-order chi connectivity index (χ0) is 16.3. The van der Waals surface area contributed by atoms with Crippen molar-refractivity contribution >= 4 is 34.9 Å². The molecule has 0 fully saturated rings. The summed E-state index contributed by atoms with van der Waals surface area (Å²) in [7, 11) is 0. The first-order valence-corrected chi connectivity index (χ1v) is 7.15. The number of carbonyl (C=O) groups excluding carboxylic acids is 1. The van der Waals surface area contributed by atoms with Crippen molar-refractivity contribution in [3.05, 3.63) is 58.6 Å². The van der Waals surface area contributed by atoms with E-state index >= 15 is 0 Å². The van der Waals surface area contributed by atoms with Crippen LogP contribution in [-0.4, -0.2) is 17.0 Å². The fourth-order valence-electron chi connectivity index (χ4n) is 2.35. The van der Waals surface area contributed by atoms with Crippen LogP contribution >= 0.6 is 11.6 Å². The van der Waals surface area contributed by atoms with Gasteiger partial charge in [0, 0.05) is 11.9 Å². The minimum Gasteiger partial charge on any atom is -0.481 e. The lowest BCUT2D eigenvalue weighted by Crippen LogP contribution is -2.25. The van der Waals surface area contributed by atoms with Gasteiger partial charge in [-0.15, -0.1) is 0 Å². The first-order valence-electron chi connectivity index (χ1n) is 6.77. The SMILES string of the molecule is CC(=O)N(c1ccccc1CC(=O)O)c1cccc(Cl)c1C. The van der Waals surface area contributed by atoms with Crippen LogP contribution in [0, 0.1) is 6.92 Å². The van der Waals surface area contributed by atoms with E-state index in [1.807, 2.05) is 6.92 Å². The lowest BCUT2D eigenvalue weighted by Gasteiger charge is -2.25. The molecule has 22 heavy (non-hydrogen) atoms. The van der Waals surface area contributed by atoms with Gasteiger partial charge in [0.15, 0.2) is 0 Å². The van der Waals surface area contributed by atoms with Crippen LogP contribution in [0.15, 0.2) is 42.5 Å². The van der Waals surface area contributed by atoms with Crippen LogP contribution in [0.1, 0.15) is 18.1 Å². The summed E-state index contributed by atoms with van der Waals surface area (Å²) in [6.07, 6.45) is -0.153. The molecule has 0 saturated carbocycles. The van der Waals surface area contributed by atoms with Crippen LogP contribution in [0.25, 0.3) is 0 Å². The number of anilines is 2. The number of carboxylic acid groups (broad SMARTS) is 1. The second-order valence-electron chi connectivity index (χ2n) is 4.94. The standard InChI is InChI=1S/C17H16ClNO3/c1-11-14(18)7-5-9-15(11)19(12(2)20)16-8-4-3-6-13(16)10-17(21)22/h3-9H,10H2,1-2H3,(H,21,22). The molecule has 0 aliphatic heterocycles. The highest BCUT2D eigenvalue weighted by Gasteiger charge is 2.20. The average molecular weight is 318 g/mol. The van der Waals surface area contributed by atoms with E-state index in [2.05, 4.69) is 0 Å². The lowest BCUT2D eigenvalue weighted by atomic mass is 10.1. The number of rotatable bonds is 4. The fraction of sp³-hybridized carbons (Fsp3) is 0.176. The van der Waals surface area contributed by atoms with Gasteiger partial charge in [0.1, 0.15) is 0 Å². The van der Waals surface area contributed by atoms with Gasteiger partial charge in [-0.25, -0.2) is 0 Å². The molecule has 5 heteroatoms. The first kappa shape index (κ1) is 16.0. The number of benzene rings is 2. The third-order valence-electron chi connectivity index (χ3n) is 3.37. The molecule has 0 unspecified atom stereocenters. The molecule has 114 valence electrons. The molecule has 2 aromatic rings. The molecule has 0 bridgehead atoms. The monoisotopic (exact) mass is 317 g/mol. The van der Waals surface area contributed by atoms with Gasteiger partial charge in [-0.05, 0) is 36.2 Å². The minimum absolute atomic E-state index is 0.153. The minimum atomic E-state index is -0.946. The van der Waals surface area contributed by atoms with E-state index in [4.69, 9.17) is 16.7 Å². The molecule has 1 amide bonds. The maximum absolute atomic E-state index is 12.2. The van der Waals surface area contributed by atoms with Crippen molar-refractivity contribution in [2.45, 2.75) is 20.3 Å². The molecule has 0 atom stereocenters. The Balaban J connectivity index is 2.61. The van der Waals surface area contributed by atoms with E-state index in [1.165, 1.54) is 11.8 Å². The number of hydrogen-bond acceptors (Lipinski definition) is 2.